The highest BCUT2D eigenvalue weighted by atomic mass is 16.6. The Hall–Kier alpha value is -5.81. The van der Waals surface area contributed by atoms with E-state index in [-0.39, 0.29) is 37.7 Å². The zero-order valence-electron chi connectivity index (χ0n) is 21.3. The quantitative estimate of drug-likeness (QED) is 0.187. The van der Waals surface area contributed by atoms with Crippen molar-refractivity contribution in [3.05, 3.63) is 79.9 Å². The molecular formula is C23H23N7O11. The molecule has 3 rings (SSSR count). The number of benzene rings is 2. The van der Waals surface area contributed by atoms with Crippen LogP contribution in [-0.4, -0.2) is 74.1 Å². The number of nitrogens with zero attached hydrogens (tertiary/aromatic N) is 5. The Morgan fingerprint density at radius 1 is 0.951 bits per heavy atom. The van der Waals surface area contributed by atoms with Crippen LogP contribution >= 0.6 is 0 Å². The second-order valence-corrected chi connectivity index (χ2v) is 8.41. The minimum Gasteiger partial charge on any atom is -0.465 e. The van der Waals surface area contributed by atoms with Crippen LogP contribution in [0.5, 0.6) is 0 Å². The normalized spacial score (nSPS) is 12.9. The Bertz CT molecular complexity index is 1360. The van der Waals surface area contributed by atoms with Gasteiger partial charge in [0.2, 0.25) is 11.9 Å². The van der Waals surface area contributed by atoms with Gasteiger partial charge in [0.05, 0.1) is 15.9 Å². The average molecular weight is 573 g/mol. The first-order valence-corrected chi connectivity index (χ1v) is 11.6. The molecule has 0 bridgehead atoms. The van der Waals surface area contributed by atoms with E-state index in [1.807, 2.05) is 0 Å². The summed E-state index contributed by atoms with van der Waals surface area (Å²) in [6.07, 6.45) is -3.53. The second-order valence-electron chi connectivity index (χ2n) is 8.41. The van der Waals surface area contributed by atoms with Gasteiger partial charge in [-0.05, 0) is 35.4 Å². The third-order valence-electron chi connectivity index (χ3n) is 5.51. The van der Waals surface area contributed by atoms with Crippen molar-refractivity contribution in [2.24, 2.45) is 4.99 Å². The lowest BCUT2D eigenvalue weighted by Crippen LogP contribution is -2.67. The Labute approximate surface area is 230 Å². The van der Waals surface area contributed by atoms with Crippen molar-refractivity contribution in [3.8, 4) is 0 Å². The topological polar surface area (TPSA) is 236 Å². The highest BCUT2D eigenvalue weighted by Crippen LogP contribution is 2.15. The Kier molecular flexibility index (Phi) is 9.66. The molecule has 0 saturated carbocycles. The number of nitro benzene ring substituents is 2. The van der Waals surface area contributed by atoms with Gasteiger partial charge < -0.3 is 19.5 Å². The van der Waals surface area contributed by atoms with E-state index in [1.54, 1.807) is 0 Å². The molecule has 0 atom stereocenters. The fourth-order valence-corrected chi connectivity index (χ4v) is 3.37. The smallest absolute Gasteiger partial charge is 0.437 e. The zero-order valence-corrected chi connectivity index (χ0v) is 21.3. The molecule has 0 radical (unpaired) electrons. The number of non-ortho nitro benzene ring substituents is 2. The van der Waals surface area contributed by atoms with Crippen LogP contribution in [0.3, 0.4) is 0 Å². The number of ether oxygens (including phenoxy) is 2. The maximum atomic E-state index is 12.4. The lowest BCUT2D eigenvalue weighted by Gasteiger charge is -2.43. The maximum absolute atomic E-state index is 12.4. The van der Waals surface area contributed by atoms with E-state index < -0.39 is 46.0 Å². The van der Waals surface area contributed by atoms with Gasteiger partial charge >= 0.3 is 18.3 Å². The summed E-state index contributed by atoms with van der Waals surface area (Å²) < 4.78 is 10.1. The van der Waals surface area contributed by atoms with Crippen LogP contribution in [-0.2, 0) is 27.5 Å². The fraction of sp³-hybridized carbons (Fsp3) is 0.261. The minimum atomic E-state index is -1.22. The number of carbonyl (C=O) groups is 4. The molecule has 18 heteroatoms. The highest BCUT2D eigenvalue weighted by molar-refractivity contribution is 5.99. The van der Waals surface area contributed by atoms with Crippen molar-refractivity contribution < 1.29 is 43.6 Å². The number of hydrogen-bond donors (Lipinski definition) is 3. The predicted molar refractivity (Wildman–Crippen MR) is 136 cm³/mol. The van der Waals surface area contributed by atoms with E-state index in [0.29, 0.717) is 11.1 Å². The number of carbonyl (C=O) groups excluding carboxylic acids is 3. The van der Waals surface area contributed by atoms with Crippen LogP contribution in [0.1, 0.15) is 18.1 Å². The van der Waals surface area contributed by atoms with Gasteiger partial charge in [-0.1, -0.05) is 0 Å². The van der Waals surface area contributed by atoms with Gasteiger partial charge in [-0.2, -0.15) is 0 Å². The zero-order chi connectivity index (χ0) is 30.1. The number of nitrogens with one attached hydrogen (secondary N) is 2. The molecule has 216 valence electrons. The van der Waals surface area contributed by atoms with Gasteiger partial charge in [0.25, 0.3) is 11.4 Å². The molecule has 0 aromatic heterocycles. The fourth-order valence-electron chi connectivity index (χ4n) is 3.37. The van der Waals surface area contributed by atoms with Crippen molar-refractivity contribution in [1.82, 2.24) is 20.7 Å². The summed E-state index contributed by atoms with van der Waals surface area (Å²) in [6, 6.07) is 9.69. The molecule has 1 saturated heterocycles. The summed E-state index contributed by atoms with van der Waals surface area (Å²) in [5.74, 6) is -1.18. The first-order chi connectivity index (χ1) is 19.4. The molecule has 0 unspecified atom stereocenters. The minimum absolute atomic E-state index is 0.0512. The van der Waals surface area contributed by atoms with Gasteiger partial charge in [-0.3, -0.25) is 35.8 Å². The molecule has 2 aromatic carbocycles. The molecule has 0 aliphatic carbocycles. The average Bonchev–Trinajstić information content (AvgIpc) is 2.89. The summed E-state index contributed by atoms with van der Waals surface area (Å²) >= 11 is 0. The number of amides is 4. The molecule has 0 spiro atoms. The number of nitro groups is 2. The Balaban J connectivity index is 1.68. The third kappa shape index (κ3) is 8.60. The summed E-state index contributed by atoms with van der Waals surface area (Å²) in [4.78, 5) is 73.2. The molecule has 18 nitrogen and oxygen atoms in total. The molecule has 1 aliphatic heterocycles. The van der Waals surface area contributed by atoms with Crippen LogP contribution in [0.2, 0.25) is 0 Å². The second kappa shape index (κ2) is 13.3. The molecule has 1 fully saturated rings. The van der Waals surface area contributed by atoms with Crippen molar-refractivity contribution in [1.29, 1.82) is 0 Å². The largest absolute Gasteiger partial charge is 0.465 e. The summed E-state index contributed by atoms with van der Waals surface area (Å²) in [5.41, 5.74) is 2.95. The SMILES string of the molecule is CC(=O)N(NC(=NC(=O)OCc1ccc([N+](=O)[O-])cc1)NC(=O)OCc1ccc([N+](=O)[O-])cc1)C1CN(C(=O)O)C1. The number of hydrogen-bond acceptors (Lipinski definition) is 10. The van der Waals surface area contributed by atoms with Crippen molar-refractivity contribution in [2.45, 2.75) is 26.2 Å². The van der Waals surface area contributed by atoms with Gasteiger partial charge in [-0.15, -0.1) is 4.99 Å². The number of likely N-dealkylation sites (tertiary alicyclic amines) is 1. The maximum Gasteiger partial charge on any atom is 0.437 e. The standard InChI is InChI=1S/C23H23N7O11/c1-14(31)28(19-10-27(11-19)23(34)35)26-20(24-21(32)40-12-15-2-6-17(7-3-15)29(36)37)25-22(33)41-13-16-4-8-18(9-5-16)30(38)39/h2-9,19H,10-13H2,1H3,(H,34,35)(H2,24,25,26,32,33). The molecule has 1 aliphatic rings. The Morgan fingerprint density at radius 3 is 1.88 bits per heavy atom. The summed E-state index contributed by atoms with van der Waals surface area (Å²) in [7, 11) is 0. The van der Waals surface area contributed by atoms with E-state index in [0.717, 1.165) is 16.8 Å². The molecule has 4 amide bonds. The highest BCUT2D eigenvalue weighted by Gasteiger charge is 2.37. The lowest BCUT2D eigenvalue weighted by molar-refractivity contribution is -0.385. The number of rotatable bonds is 7. The van der Waals surface area contributed by atoms with Crippen molar-refractivity contribution >= 4 is 41.5 Å². The molecule has 41 heavy (non-hydrogen) atoms. The number of aliphatic imine (C=N–C) groups is 1. The van der Waals surface area contributed by atoms with Crippen molar-refractivity contribution in [3.63, 3.8) is 0 Å². The number of carboxylic acid groups (broad SMARTS) is 1. The summed E-state index contributed by atoms with van der Waals surface area (Å²) in [5, 5.41) is 33.8. The van der Waals surface area contributed by atoms with Crippen LogP contribution in [0.4, 0.5) is 25.8 Å². The monoisotopic (exact) mass is 573 g/mol. The van der Waals surface area contributed by atoms with Crippen LogP contribution < -0.4 is 10.7 Å². The molecular weight excluding hydrogens is 550 g/mol. The van der Waals surface area contributed by atoms with E-state index in [4.69, 9.17) is 14.6 Å². The number of alkyl carbamates (subject to hydrolysis) is 1. The Morgan fingerprint density at radius 2 is 1.44 bits per heavy atom. The van der Waals surface area contributed by atoms with Crippen LogP contribution in [0.15, 0.2) is 53.5 Å². The predicted octanol–water partition coefficient (Wildman–Crippen LogP) is 2.14. The van der Waals surface area contributed by atoms with Gasteiger partial charge in [0.1, 0.15) is 13.2 Å². The molecule has 3 N–H and O–H groups in total. The van der Waals surface area contributed by atoms with Gasteiger partial charge in [0, 0.05) is 44.3 Å². The third-order valence-corrected chi connectivity index (χ3v) is 5.51. The van der Waals surface area contributed by atoms with E-state index in [9.17, 15) is 39.4 Å². The van der Waals surface area contributed by atoms with E-state index in [1.165, 1.54) is 48.5 Å². The van der Waals surface area contributed by atoms with E-state index >= 15 is 0 Å². The van der Waals surface area contributed by atoms with Crippen LogP contribution in [0, 0.1) is 20.2 Å². The number of hydrazine groups is 1. The lowest BCUT2D eigenvalue weighted by atomic mass is 10.1. The first kappa shape index (κ1) is 29.7. The number of guanidine groups is 1. The molecule has 2 aromatic rings. The van der Waals surface area contributed by atoms with E-state index in [2.05, 4.69) is 15.7 Å². The van der Waals surface area contributed by atoms with Crippen LogP contribution in [0.25, 0.3) is 0 Å². The molecule has 1 heterocycles. The van der Waals surface area contributed by atoms with Gasteiger partial charge in [-0.25, -0.2) is 19.4 Å². The summed E-state index contributed by atoms with van der Waals surface area (Å²) in [6.45, 7) is 0.418. The van der Waals surface area contributed by atoms with Gasteiger partial charge in [0.15, 0.2) is 0 Å². The van der Waals surface area contributed by atoms with Crippen molar-refractivity contribution in [2.75, 3.05) is 13.1 Å². The first-order valence-electron chi connectivity index (χ1n) is 11.6.